The molecule has 1 rings (SSSR count). The van der Waals surface area contributed by atoms with Gasteiger partial charge in [-0.2, -0.15) is 5.54 Å². The van der Waals surface area contributed by atoms with Crippen LogP contribution in [0.15, 0.2) is 30.3 Å². The SMILES string of the molecule is [18F]NCc1ccccc1. The Morgan fingerprint density at radius 2 is 1.89 bits per heavy atom. The number of nitrogens with one attached hydrogen (secondary N) is 1. The standard InChI is InChI=1S/C7H8FN/c8-9-6-7-4-2-1-3-5-7/h1-5,9H,6H2/i8-1. The van der Waals surface area contributed by atoms with Gasteiger partial charge in [0, 0.05) is 0 Å². The van der Waals surface area contributed by atoms with Crippen LogP contribution in [0.1, 0.15) is 5.56 Å². The molecule has 0 aliphatic heterocycles. The minimum atomic E-state index is 0.292. The zero-order chi connectivity index (χ0) is 6.53. The van der Waals surface area contributed by atoms with Crippen molar-refractivity contribution in [1.29, 1.82) is 0 Å². The average molecular weight is 124 g/mol. The molecular weight excluding hydrogens is 116 g/mol. The van der Waals surface area contributed by atoms with Crippen molar-refractivity contribution in [3.05, 3.63) is 35.9 Å². The van der Waals surface area contributed by atoms with Gasteiger partial charge in [-0.1, -0.05) is 30.3 Å². The van der Waals surface area contributed by atoms with Crippen LogP contribution in [0.3, 0.4) is 0 Å². The van der Waals surface area contributed by atoms with Gasteiger partial charge in [-0.15, -0.1) is 4.48 Å². The maximum atomic E-state index is 11.4. The van der Waals surface area contributed by atoms with Crippen molar-refractivity contribution in [2.24, 2.45) is 0 Å². The summed E-state index contributed by atoms with van der Waals surface area (Å²) < 4.78 is 11.4. The molecule has 0 fully saturated rings. The lowest BCUT2D eigenvalue weighted by molar-refractivity contribution is 0.330. The third kappa shape index (κ3) is 1.82. The zero-order valence-electron chi connectivity index (χ0n) is 4.97. The number of halogens is 1. The molecule has 0 radical (unpaired) electrons. The normalized spacial score (nSPS) is 9.44. The Labute approximate surface area is 53.4 Å². The number of benzene rings is 1. The second-order valence-corrected chi connectivity index (χ2v) is 1.80. The first-order valence-electron chi connectivity index (χ1n) is 2.81. The number of hydrogen-bond acceptors (Lipinski definition) is 1. The smallest absolute Gasteiger partial charge is 0.0510 e. The molecule has 0 spiro atoms. The molecule has 2 heteroatoms. The van der Waals surface area contributed by atoms with E-state index in [9.17, 15) is 4.48 Å². The Morgan fingerprint density at radius 3 is 2.44 bits per heavy atom. The molecule has 0 saturated heterocycles. The van der Waals surface area contributed by atoms with E-state index in [-0.39, 0.29) is 0 Å². The molecule has 0 amide bonds. The van der Waals surface area contributed by atoms with Crippen LogP contribution in [0, 0.1) is 0 Å². The van der Waals surface area contributed by atoms with Gasteiger partial charge in [-0.3, -0.25) is 0 Å². The van der Waals surface area contributed by atoms with Crippen LogP contribution in [-0.2, 0) is 6.54 Å². The molecule has 1 aromatic carbocycles. The third-order valence-corrected chi connectivity index (χ3v) is 1.11. The van der Waals surface area contributed by atoms with Crippen LogP contribution in [0.4, 0.5) is 4.48 Å². The molecule has 0 bridgehead atoms. The third-order valence-electron chi connectivity index (χ3n) is 1.11. The van der Waals surface area contributed by atoms with Gasteiger partial charge < -0.3 is 0 Å². The van der Waals surface area contributed by atoms with Crippen LogP contribution in [0.25, 0.3) is 0 Å². The molecule has 0 aliphatic rings. The summed E-state index contributed by atoms with van der Waals surface area (Å²) in [7, 11) is 0. The van der Waals surface area contributed by atoms with Gasteiger partial charge in [-0.25, -0.2) is 0 Å². The van der Waals surface area contributed by atoms with Gasteiger partial charge in [0.05, 0.1) is 6.54 Å². The maximum Gasteiger partial charge on any atom is 0.0510 e. The summed E-state index contributed by atoms with van der Waals surface area (Å²) in [5.41, 5.74) is 2.54. The Morgan fingerprint density at radius 1 is 1.22 bits per heavy atom. The molecule has 1 N–H and O–H groups in total. The molecule has 0 saturated carbocycles. The first-order chi connectivity index (χ1) is 4.43. The average Bonchev–Trinajstić information content (AvgIpc) is 1.91. The van der Waals surface area contributed by atoms with Gasteiger partial charge >= 0.3 is 0 Å². The molecule has 1 nitrogen and oxygen atoms in total. The van der Waals surface area contributed by atoms with Crippen LogP contribution in [0.2, 0.25) is 0 Å². The van der Waals surface area contributed by atoms with E-state index in [1.54, 1.807) is 5.54 Å². The van der Waals surface area contributed by atoms with Crippen molar-refractivity contribution in [3.63, 3.8) is 0 Å². The van der Waals surface area contributed by atoms with Gasteiger partial charge in [0.25, 0.3) is 0 Å². The topological polar surface area (TPSA) is 12.0 Å². The van der Waals surface area contributed by atoms with Crippen LogP contribution >= 0.6 is 0 Å². The highest BCUT2D eigenvalue weighted by Gasteiger charge is 1.85. The van der Waals surface area contributed by atoms with Crippen molar-refractivity contribution in [2.75, 3.05) is 0 Å². The Kier molecular flexibility index (Phi) is 2.22. The minimum absolute atomic E-state index is 0.292. The fourth-order valence-electron chi connectivity index (χ4n) is 0.673. The first-order valence-corrected chi connectivity index (χ1v) is 2.81. The number of hydrogen-bond donors (Lipinski definition) is 1. The van der Waals surface area contributed by atoms with E-state index in [4.69, 9.17) is 0 Å². The molecule has 9 heavy (non-hydrogen) atoms. The quantitative estimate of drug-likeness (QED) is 0.591. The molecule has 0 unspecified atom stereocenters. The van der Waals surface area contributed by atoms with Crippen molar-refractivity contribution in [3.8, 4) is 0 Å². The Bertz CT molecular complexity index is 162. The second kappa shape index (κ2) is 3.20. The largest absolute Gasteiger partial charge is 0.155 e. The van der Waals surface area contributed by atoms with Gasteiger partial charge in [0.1, 0.15) is 0 Å². The summed E-state index contributed by atoms with van der Waals surface area (Å²) in [5.74, 6) is 0. The van der Waals surface area contributed by atoms with Crippen LogP contribution < -0.4 is 5.54 Å². The molecule has 48 valence electrons. The molecule has 0 aliphatic carbocycles. The maximum absolute atomic E-state index is 11.4. The predicted molar refractivity (Wildman–Crippen MR) is 34.4 cm³/mol. The van der Waals surface area contributed by atoms with Crippen molar-refractivity contribution < 1.29 is 4.48 Å². The van der Waals surface area contributed by atoms with Gasteiger partial charge in [0.2, 0.25) is 0 Å². The van der Waals surface area contributed by atoms with Crippen molar-refractivity contribution in [1.82, 2.24) is 5.54 Å². The highest BCUT2D eigenvalue weighted by molar-refractivity contribution is 5.13. The van der Waals surface area contributed by atoms with E-state index >= 15 is 0 Å². The molecule has 0 aromatic heterocycles. The summed E-state index contributed by atoms with van der Waals surface area (Å²) in [6.45, 7) is 0.292. The summed E-state index contributed by atoms with van der Waals surface area (Å²) in [6.07, 6.45) is 0. The monoisotopic (exact) mass is 124 g/mol. The summed E-state index contributed by atoms with van der Waals surface area (Å²) >= 11 is 0. The fourth-order valence-corrected chi connectivity index (χ4v) is 0.673. The van der Waals surface area contributed by atoms with Crippen molar-refractivity contribution in [2.45, 2.75) is 6.54 Å². The Hall–Kier alpha value is -0.890. The molecule has 0 atom stereocenters. The van der Waals surface area contributed by atoms with E-state index in [2.05, 4.69) is 0 Å². The van der Waals surface area contributed by atoms with Crippen LogP contribution in [-0.4, -0.2) is 0 Å². The predicted octanol–water partition coefficient (Wildman–Crippen LogP) is 1.66. The summed E-state index contributed by atoms with van der Waals surface area (Å²) in [6, 6.07) is 9.40. The first kappa shape index (κ1) is 6.23. The van der Waals surface area contributed by atoms with E-state index in [1.807, 2.05) is 30.3 Å². The summed E-state index contributed by atoms with van der Waals surface area (Å²) in [4.78, 5) is 0. The lowest BCUT2D eigenvalue weighted by Gasteiger charge is -1.93. The fraction of sp³-hybridized carbons (Fsp3) is 0.143. The lowest BCUT2D eigenvalue weighted by atomic mass is 10.2. The summed E-state index contributed by atoms with van der Waals surface area (Å²) in [5, 5.41) is 0. The van der Waals surface area contributed by atoms with Crippen molar-refractivity contribution >= 4 is 0 Å². The van der Waals surface area contributed by atoms with Crippen LogP contribution in [0.5, 0.6) is 0 Å². The van der Waals surface area contributed by atoms with Gasteiger partial charge in [0.15, 0.2) is 0 Å². The zero-order valence-corrected chi connectivity index (χ0v) is 4.97. The highest BCUT2D eigenvalue weighted by Crippen LogP contribution is 1.96. The minimum Gasteiger partial charge on any atom is -0.155 e. The second-order valence-electron chi connectivity index (χ2n) is 1.80. The number of rotatable bonds is 2. The van der Waals surface area contributed by atoms with E-state index in [0.29, 0.717) is 6.54 Å². The van der Waals surface area contributed by atoms with E-state index < -0.39 is 0 Å². The lowest BCUT2D eigenvalue weighted by Crippen LogP contribution is -1.98. The Balaban J connectivity index is 2.61. The van der Waals surface area contributed by atoms with E-state index in [1.165, 1.54) is 0 Å². The van der Waals surface area contributed by atoms with E-state index in [0.717, 1.165) is 5.56 Å². The molecule has 0 heterocycles. The van der Waals surface area contributed by atoms with Gasteiger partial charge in [-0.05, 0) is 5.56 Å². The molecular formula is C7H8FN. The highest BCUT2D eigenvalue weighted by atomic mass is 18.2. The molecule has 1 aromatic rings.